The van der Waals surface area contributed by atoms with Crippen molar-refractivity contribution in [3.63, 3.8) is 0 Å². The van der Waals surface area contributed by atoms with Crippen molar-refractivity contribution in [2.75, 3.05) is 0 Å². The minimum atomic E-state index is -0.746. The van der Waals surface area contributed by atoms with Crippen LogP contribution < -0.4 is 0 Å². The summed E-state index contributed by atoms with van der Waals surface area (Å²) in [5.41, 5.74) is 3.93. The highest BCUT2D eigenvalue weighted by Crippen LogP contribution is 2.27. The summed E-state index contributed by atoms with van der Waals surface area (Å²) < 4.78 is 5.52. The van der Waals surface area contributed by atoms with Crippen LogP contribution in [0.5, 0.6) is 0 Å². The molecule has 1 saturated carbocycles. The van der Waals surface area contributed by atoms with Crippen LogP contribution >= 0.6 is 0 Å². The van der Waals surface area contributed by atoms with Gasteiger partial charge in [-0.1, -0.05) is 0 Å². The van der Waals surface area contributed by atoms with Crippen LogP contribution in [0.3, 0.4) is 0 Å². The van der Waals surface area contributed by atoms with Crippen LogP contribution in [0.1, 0.15) is 52.7 Å². The van der Waals surface area contributed by atoms with Crippen LogP contribution in [-0.4, -0.2) is 23.1 Å². The van der Waals surface area contributed by atoms with Gasteiger partial charge in [-0.3, -0.25) is 4.79 Å². The highest BCUT2D eigenvalue weighted by molar-refractivity contribution is 5.90. The first-order valence-electron chi connectivity index (χ1n) is 7.40. The zero-order valence-electron chi connectivity index (χ0n) is 12.8. The van der Waals surface area contributed by atoms with Crippen molar-refractivity contribution in [3.8, 4) is 0 Å². The molecule has 0 aliphatic heterocycles. The van der Waals surface area contributed by atoms with Crippen LogP contribution in [0.15, 0.2) is 12.1 Å². The van der Waals surface area contributed by atoms with E-state index in [9.17, 15) is 9.59 Å². The molecule has 1 aromatic rings. The van der Waals surface area contributed by atoms with E-state index >= 15 is 0 Å². The molecule has 0 heterocycles. The van der Waals surface area contributed by atoms with E-state index in [1.165, 1.54) is 5.56 Å². The number of hydrogen-bond acceptors (Lipinski definition) is 3. The predicted molar refractivity (Wildman–Crippen MR) is 79.5 cm³/mol. The summed E-state index contributed by atoms with van der Waals surface area (Å²) >= 11 is 0. The molecule has 0 amide bonds. The molecule has 1 aliphatic carbocycles. The number of esters is 1. The third-order valence-corrected chi connectivity index (χ3v) is 4.46. The maximum atomic E-state index is 12.2. The van der Waals surface area contributed by atoms with E-state index in [4.69, 9.17) is 9.84 Å². The maximum absolute atomic E-state index is 12.2. The molecule has 0 unspecified atom stereocenters. The molecule has 1 fully saturated rings. The van der Waals surface area contributed by atoms with Crippen LogP contribution in [0, 0.1) is 26.7 Å². The number of aliphatic carboxylic acids is 1. The van der Waals surface area contributed by atoms with E-state index in [0.29, 0.717) is 31.2 Å². The van der Waals surface area contributed by atoms with Crippen molar-refractivity contribution < 1.29 is 19.4 Å². The number of aryl methyl sites for hydroxylation is 2. The van der Waals surface area contributed by atoms with Crippen LogP contribution in [0.4, 0.5) is 0 Å². The molecule has 1 aromatic carbocycles. The molecular weight excluding hydrogens is 268 g/mol. The van der Waals surface area contributed by atoms with Crippen LogP contribution in [0.2, 0.25) is 0 Å². The summed E-state index contributed by atoms with van der Waals surface area (Å²) in [7, 11) is 0. The molecule has 0 aromatic heterocycles. The van der Waals surface area contributed by atoms with E-state index in [0.717, 1.165) is 11.1 Å². The third-order valence-electron chi connectivity index (χ3n) is 4.46. The number of carbonyl (C=O) groups excluding carboxylic acids is 1. The number of ether oxygens (including phenoxy) is 1. The lowest BCUT2D eigenvalue weighted by atomic mass is 9.87. The average molecular weight is 290 g/mol. The molecule has 2 rings (SSSR count). The van der Waals surface area contributed by atoms with Gasteiger partial charge in [0.15, 0.2) is 0 Å². The van der Waals surface area contributed by atoms with Gasteiger partial charge in [-0.2, -0.15) is 0 Å². The van der Waals surface area contributed by atoms with Crippen molar-refractivity contribution in [2.24, 2.45) is 5.92 Å². The van der Waals surface area contributed by atoms with Crippen molar-refractivity contribution in [1.29, 1.82) is 0 Å². The van der Waals surface area contributed by atoms with Crippen molar-refractivity contribution in [1.82, 2.24) is 0 Å². The van der Waals surface area contributed by atoms with Gasteiger partial charge in [0.1, 0.15) is 6.10 Å². The smallest absolute Gasteiger partial charge is 0.338 e. The number of rotatable bonds is 3. The lowest BCUT2D eigenvalue weighted by Crippen LogP contribution is -2.27. The fourth-order valence-corrected chi connectivity index (χ4v) is 2.80. The summed E-state index contributed by atoms with van der Waals surface area (Å²) in [5, 5.41) is 8.96. The predicted octanol–water partition coefficient (Wildman–Crippen LogP) is 3.41. The Bertz CT molecular complexity index is 531. The van der Waals surface area contributed by atoms with Crippen LogP contribution in [-0.2, 0) is 9.53 Å². The van der Waals surface area contributed by atoms with Gasteiger partial charge in [-0.05, 0) is 75.3 Å². The number of hydrogen-bond donors (Lipinski definition) is 1. The number of benzene rings is 1. The van der Waals surface area contributed by atoms with Crippen molar-refractivity contribution >= 4 is 11.9 Å². The highest BCUT2D eigenvalue weighted by Gasteiger charge is 2.28. The second-order valence-corrected chi connectivity index (χ2v) is 5.95. The van der Waals surface area contributed by atoms with Crippen molar-refractivity contribution in [2.45, 2.75) is 52.6 Å². The Hall–Kier alpha value is -1.84. The summed E-state index contributed by atoms with van der Waals surface area (Å²) in [6.45, 7) is 6.00. The third kappa shape index (κ3) is 3.63. The molecule has 0 saturated heterocycles. The monoisotopic (exact) mass is 290 g/mol. The van der Waals surface area contributed by atoms with Crippen LogP contribution in [0.25, 0.3) is 0 Å². The Labute approximate surface area is 125 Å². The Morgan fingerprint density at radius 2 is 1.57 bits per heavy atom. The molecule has 21 heavy (non-hydrogen) atoms. The maximum Gasteiger partial charge on any atom is 0.338 e. The Morgan fingerprint density at radius 1 is 1.05 bits per heavy atom. The average Bonchev–Trinajstić information content (AvgIpc) is 2.44. The van der Waals surface area contributed by atoms with E-state index < -0.39 is 5.97 Å². The quantitative estimate of drug-likeness (QED) is 0.866. The summed E-state index contributed by atoms with van der Waals surface area (Å²) in [4.78, 5) is 23.1. The molecule has 0 atom stereocenters. The Balaban J connectivity index is 1.98. The molecule has 4 nitrogen and oxygen atoms in total. The Kier molecular flexibility index (Phi) is 4.66. The molecule has 1 N–H and O–H groups in total. The lowest BCUT2D eigenvalue weighted by Gasteiger charge is -2.26. The van der Waals surface area contributed by atoms with Gasteiger partial charge in [-0.25, -0.2) is 4.79 Å². The fourth-order valence-electron chi connectivity index (χ4n) is 2.80. The van der Waals surface area contributed by atoms with Gasteiger partial charge in [0, 0.05) is 0 Å². The number of carboxylic acid groups (broad SMARTS) is 1. The van der Waals surface area contributed by atoms with Gasteiger partial charge in [0.2, 0.25) is 0 Å². The first-order chi connectivity index (χ1) is 9.88. The highest BCUT2D eigenvalue weighted by atomic mass is 16.5. The zero-order valence-corrected chi connectivity index (χ0v) is 12.8. The normalized spacial score (nSPS) is 21.9. The molecule has 114 valence electrons. The standard InChI is InChI=1S/C17H22O4/c1-10-8-14(9-11(2)12(10)3)17(20)21-15-6-4-13(5-7-15)16(18)19/h8-9,13,15H,4-7H2,1-3H3,(H,18,19). The van der Waals surface area contributed by atoms with Gasteiger partial charge in [0.25, 0.3) is 0 Å². The van der Waals surface area contributed by atoms with Gasteiger partial charge < -0.3 is 9.84 Å². The van der Waals surface area contributed by atoms with Gasteiger partial charge in [-0.15, -0.1) is 0 Å². The minimum absolute atomic E-state index is 0.157. The van der Waals surface area contributed by atoms with Gasteiger partial charge >= 0.3 is 11.9 Å². The van der Waals surface area contributed by atoms with E-state index in [1.807, 2.05) is 32.9 Å². The largest absolute Gasteiger partial charge is 0.481 e. The molecule has 0 spiro atoms. The Morgan fingerprint density at radius 3 is 2.05 bits per heavy atom. The first kappa shape index (κ1) is 15.5. The van der Waals surface area contributed by atoms with E-state index in [-0.39, 0.29) is 18.0 Å². The second kappa shape index (κ2) is 6.29. The first-order valence-corrected chi connectivity index (χ1v) is 7.40. The van der Waals surface area contributed by atoms with Crippen molar-refractivity contribution in [3.05, 3.63) is 34.4 Å². The minimum Gasteiger partial charge on any atom is -0.481 e. The van der Waals surface area contributed by atoms with E-state index in [1.54, 1.807) is 0 Å². The number of carboxylic acids is 1. The molecule has 0 bridgehead atoms. The number of carbonyl (C=O) groups is 2. The molecule has 4 heteroatoms. The zero-order chi connectivity index (χ0) is 15.6. The summed E-state index contributed by atoms with van der Waals surface area (Å²) in [6, 6.07) is 3.71. The topological polar surface area (TPSA) is 63.6 Å². The molecule has 0 radical (unpaired) electrons. The van der Waals surface area contributed by atoms with E-state index in [2.05, 4.69) is 0 Å². The summed E-state index contributed by atoms with van der Waals surface area (Å²) in [6.07, 6.45) is 2.27. The molecule has 1 aliphatic rings. The SMILES string of the molecule is Cc1cc(C(=O)OC2CCC(C(=O)O)CC2)cc(C)c1C. The van der Waals surface area contributed by atoms with Gasteiger partial charge in [0.05, 0.1) is 11.5 Å². The fraction of sp³-hybridized carbons (Fsp3) is 0.529. The second-order valence-electron chi connectivity index (χ2n) is 5.95. The lowest BCUT2D eigenvalue weighted by molar-refractivity contribution is -0.143. The summed E-state index contributed by atoms with van der Waals surface area (Å²) in [5.74, 6) is -1.34. The molecular formula is C17H22O4.